The van der Waals surface area contributed by atoms with Crippen LogP contribution in [0.2, 0.25) is 15.1 Å². The molecule has 0 atom stereocenters. The molecule has 0 saturated carbocycles. The van der Waals surface area contributed by atoms with Crippen molar-refractivity contribution in [1.29, 1.82) is 0 Å². The monoisotopic (exact) mass is 679 g/mol. The van der Waals surface area contributed by atoms with Crippen molar-refractivity contribution in [2.75, 3.05) is 0 Å². The van der Waals surface area contributed by atoms with Crippen LogP contribution in [0.4, 0.5) is 0 Å². The average Bonchev–Trinajstić information content (AvgIpc) is 2.69. The van der Waals surface area contributed by atoms with Crippen LogP contribution in [0.5, 0.6) is 0 Å². The van der Waals surface area contributed by atoms with E-state index in [2.05, 4.69) is 4.68 Å². The molecule has 0 aliphatic carbocycles. The van der Waals surface area contributed by atoms with Crippen molar-refractivity contribution in [3.05, 3.63) is 37.8 Å². The summed E-state index contributed by atoms with van der Waals surface area (Å²) in [7, 11) is 26.9. The zero-order valence-electron chi connectivity index (χ0n) is 13.6. The summed E-state index contributed by atoms with van der Waals surface area (Å²) in [5, 5.41) is 1.53. The van der Waals surface area contributed by atoms with E-state index in [9.17, 15) is 0 Å². The van der Waals surface area contributed by atoms with Gasteiger partial charge < -0.3 is 0 Å². The molecule has 1 aromatic carbocycles. The van der Waals surface area contributed by atoms with E-state index in [1.165, 1.54) is 12.2 Å². The topological polar surface area (TPSA) is 13.7 Å². The molecule has 2 heterocycles. The van der Waals surface area contributed by atoms with Crippen LogP contribution in [0.1, 0.15) is 18.7 Å². The molecule has 1 aliphatic rings. The molecule has 1 aromatic heterocycles. The van der Waals surface area contributed by atoms with E-state index < -0.39 is 9.14 Å². The number of benzene rings is 1. The fourth-order valence-electron chi connectivity index (χ4n) is 2.67. The van der Waals surface area contributed by atoms with Gasteiger partial charge in [0.25, 0.3) is 0 Å². The maximum atomic E-state index is 6.33. The molecule has 27 heavy (non-hydrogen) atoms. The molecular formula is C13H13Cl9N3SSb. The van der Waals surface area contributed by atoms with E-state index in [-0.39, 0.29) is 0 Å². The summed E-state index contributed by atoms with van der Waals surface area (Å²) in [5.41, 5.74) is 0.700. The van der Waals surface area contributed by atoms with E-state index in [4.69, 9.17) is 100.0 Å². The van der Waals surface area contributed by atoms with Gasteiger partial charge in [0.15, 0.2) is 5.69 Å². The SMILES string of the molecule is C[n+]1c2n(n(-c3c(Cl)cc(Cl)cc3Cl)c1=S)CCCC2.[Cl][Sb-]([Cl])([Cl])([Cl])([Cl])[Cl]. The molecule has 2 aromatic rings. The number of nitrogens with zero attached hydrogens (tertiary/aromatic N) is 3. The summed E-state index contributed by atoms with van der Waals surface area (Å²) in [6.45, 7) is 0.912. The zero-order chi connectivity index (χ0) is 20.8. The van der Waals surface area contributed by atoms with Gasteiger partial charge in [0.2, 0.25) is 5.82 Å². The van der Waals surface area contributed by atoms with Crippen molar-refractivity contribution < 1.29 is 4.57 Å². The van der Waals surface area contributed by atoms with Crippen LogP contribution in [0.15, 0.2) is 12.1 Å². The van der Waals surface area contributed by atoms with Gasteiger partial charge in [-0.1, -0.05) is 39.5 Å². The second-order valence-corrected chi connectivity index (χ2v) is 64.3. The first-order valence-corrected chi connectivity index (χ1v) is 28.3. The molecule has 3 nitrogen and oxygen atoms in total. The molecule has 0 N–H and O–H groups in total. The van der Waals surface area contributed by atoms with Crippen molar-refractivity contribution in [2.24, 2.45) is 7.05 Å². The van der Waals surface area contributed by atoms with E-state index in [1.54, 1.807) is 12.1 Å². The van der Waals surface area contributed by atoms with Gasteiger partial charge in [0, 0.05) is 11.4 Å². The summed E-state index contributed by atoms with van der Waals surface area (Å²) in [4.78, 5) is 0. The number of rotatable bonds is 1. The quantitative estimate of drug-likeness (QED) is 0.170. The first-order valence-electron chi connectivity index (χ1n) is 7.37. The van der Waals surface area contributed by atoms with Crippen molar-refractivity contribution in [3.63, 3.8) is 0 Å². The van der Waals surface area contributed by atoms with Gasteiger partial charge in [0.1, 0.15) is 6.54 Å². The van der Waals surface area contributed by atoms with Crippen LogP contribution in [-0.2, 0) is 20.0 Å². The van der Waals surface area contributed by atoms with Crippen molar-refractivity contribution in [1.82, 2.24) is 9.36 Å². The van der Waals surface area contributed by atoms with E-state index in [0.717, 1.165) is 19.4 Å². The Morgan fingerprint density at radius 3 is 1.93 bits per heavy atom. The summed E-state index contributed by atoms with van der Waals surface area (Å²) in [6, 6.07) is 3.38. The molecule has 154 valence electrons. The minimum absolute atomic E-state index is 0.505. The Labute approximate surface area is 197 Å². The Morgan fingerprint density at radius 1 is 0.963 bits per heavy atom. The second-order valence-electron chi connectivity index (χ2n) is 5.83. The number of aromatic nitrogens is 3. The molecule has 1 aliphatic heterocycles. The summed E-state index contributed by atoms with van der Waals surface area (Å²) >= 11 is 24.2. The predicted molar refractivity (Wildman–Crippen MR) is 125 cm³/mol. The fraction of sp³-hybridized carbons (Fsp3) is 0.385. The zero-order valence-corrected chi connectivity index (χ0v) is 23.8. The molecule has 0 unspecified atom stereocenters. The first-order chi connectivity index (χ1) is 12.0. The van der Waals surface area contributed by atoms with Gasteiger partial charge in [-0.25, -0.2) is 4.57 Å². The Hall–Kier alpha value is 2.01. The Morgan fingerprint density at radius 2 is 1.44 bits per heavy atom. The molecule has 3 rings (SSSR count). The average molecular weight is 684 g/mol. The normalized spacial score (nSPS) is 16.7. The van der Waals surface area contributed by atoms with Gasteiger partial charge in [-0.2, -0.15) is 0 Å². The Bertz CT molecular complexity index is 913. The van der Waals surface area contributed by atoms with E-state index >= 15 is 0 Å². The number of hydrogen-bond donors (Lipinski definition) is 0. The predicted octanol–water partition coefficient (Wildman–Crippen LogP) is 7.89. The van der Waals surface area contributed by atoms with Crippen LogP contribution in [0.3, 0.4) is 0 Å². The van der Waals surface area contributed by atoms with E-state index in [0.29, 0.717) is 25.5 Å². The van der Waals surface area contributed by atoms with Crippen LogP contribution in [0.25, 0.3) is 5.69 Å². The molecule has 0 spiro atoms. The van der Waals surface area contributed by atoms with Crippen molar-refractivity contribution >= 4 is 109 Å². The van der Waals surface area contributed by atoms with Gasteiger partial charge in [-0.3, -0.25) is 0 Å². The third-order valence-electron chi connectivity index (χ3n) is 3.61. The second kappa shape index (κ2) is 8.17. The van der Waals surface area contributed by atoms with Gasteiger partial charge in [-0.05, 0) is 37.2 Å². The minimum atomic E-state index is -5.42. The summed E-state index contributed by atoms with van der Waals surface area (Å²) < 4.78 is 6.79. The molecule has 0 bridgehead atoms. The molecule has 0 fully saturated rings. The number of hydrogen-bond acceptors (Lipinski definition) is 1. The molecule has 0 amide bonds. The standard InChI is InChI=1S/C13H13Cl3N3S.6ClH.Sb/c1-17-11-4-2-3-5-18(11)19(13(17)20)12-9(15)6-8(14)7-10(12)16;;;;;;;/h6-7H,2-5H2,1H3;6*1H;/q+1;;;;;;;+5/p-6. The van der Waals surface area contributed by atoms with Crippen LogP contribution in [0, 0.1) is 4.77 Å². The third kappa shape index (κ3) is 7.89. The van der Waals surface area contributed by atoms with Crippen molar-refractivity contribution in [3.8, 4) is 5.69 Å². The number of fused-ring (bicyclic) bond motifs is 1. The summed E-state index contributed by atoms with van der Waals surface area (Å²) in [5.74, 6) is 1.20. The third-order valence-corrected chi connectivity index (χ3v) is 4.85. The molecule has 0 radical (unpaired) electrons. The van der Waals surface area contributed by atoms with E-state index in [1.807, 2.05) is 16.3 Å². The molecule has 14 heteroatoms. The first kappa shape index (κ1) is 25.3. The molecular weight excluding hydrogens is 671 g/mol. The Kier molecular flexibility index (Phi) is 7.65. The fourth-order valence-corrected chi connectivity index (χ4v) is 3.94. The van der Waals surface area contributed by atoms with Gasteiger partial charge in [0.05, 0.1) is 17.1 Å². The van der Waals surface area contributed by atoms with Gasteiger partial charge >= 0.3 is 66.9 Å². The van der Waals surface area contributed by atoms with Crippen LogP contribution < -0.4 is 4.57 Å². The number of halogens is 9. The Balaban J connectivity index is 0.000000321. The maximum absolute atomic E-state index is 6.33. The van der Waals surface area contributed by atoms with Crippen LogP contribution >= 0.6 is 100.0 Å². The summed E-state index contributed by atoms with van der Waals surface area (Å²) in [6.07, 6.45) is 3.31. The van der Waals surface area contributed by atoms with Crippen molar-refractivity contribution in [2.45, 2.75) is 25.8 Å². The van der Waals surface area contributed by atoms with Crippen LogP contribution in [-0.4, -0.2) is 18.5 Å². The van der Waals surface area contributed by atoms with Gasteiger partial charge in [-0.15, -0.1) is 4.68 Å². The molecule has 0 saturated heterocycles.